The Morgan fingerprint density at radius 3 is 1.66 bits per heavy atom. The lowest BCUT2D eigenvalue weighted by molar-refractivity contribution is -0.327. The molecule has 0 N–H and O–H groups in total. The molecule has 0 aliphatic carbocycles. The van der Waals surface area contributed by atoms with Crippen molar-refractivity contribution < 1.29 is 33.2 Å². The highest BCUT2D eigenvalue weighted by atomic mass is 127. The summed E-state index contributed by atoms with van der Waals surface area (Å²) in [5.41, 5.74) is 3.07. The van der Waals surface area contributed by atoms with E-state index in [1.54, 1.807) is 0 Å². The van der Waals surface area contributed by atoms with E-state index in [1.807, 2.05) is 91.0 Å². The van der Waals surface area contributed by atoms with Crippen LogP contribution in [0.3, 0.4) is 0 Å². The lowest BCUT2D eigenvalue weighted by atomic mass is 9.97. The molecule has 41 heavy (non-hydrogen) atoms. The zero-order valence-corrected chi connectivity index (χ0v) is 25.6. The van der Waals surface area contributed by atoms with Crippen LogP contribution in [-0.2, 0) is 53.0 Å². The maximum Gasteiger partial charge on any atom is 0.302 e. The standard InChI is InChI=1S/C33H39IO7/c1-25(35)37-24-29-30(38-21-26-13-5-2-6-14-26)31(39-22-27-15-7-3-8-16-27)32(33(41-29)36-20-12-11-19-34)40-23-28-17-9-4-10-18-28/h2-10,13-18,29-33H,11-12,19-24H2,1H3/t29-,30-,31+,32+,33-/m1/s1. The Morgan fingerprint density at radius 1 is 0.683 bits per heavy atom. The molecule has 0 radical (unpaired) electrons. The third kappa shape index (κ3) is 10.5. The molecule has 4 rings (SSSR count). The van der Waals surface area contributed by atoms with Crippen molar-refractivity contribution in [2.24, 2.45) is 0 Å². The van der Waals surface area contributed by atoms with Gasteiger partial charge in [-0.15, -0.1) is 0 Å². The van der Waals surface area contributed by atoms with Gasteiger partial charge in [-0.05, 0) is 34.0 Å². The van der Waals surface area contributed by atoms with Gasteiger partial charge >= 0.3 is 5.97 Å². The molecule has 1 fully saturated rings. The number of benzene rings is 3. The van der Waals surface area contributed by atoms with E-state index >= 15 is 0 Å². The van der Waals surface area contributed by atoms with Crippen LogP contribution in [0.4, 0.5) is 0 Å². The smallest absolute Gasteiger partial charge is 0.302 e. The maximum absolute atomic E-state index is 11.8. The van der Waals surface area contributed by atoms with Crippen molar-refractivity contribution in [1.29, 1.82) is 0 Å². The third-order valence-electron chi connectivity index (χ3n) is 6.71. The van der Waals surface area contributed by atoms with Gasteiger partial charge in [0.15, 0.2) is 6.29 Å². The highest BCUT2D eigenvalue weighted by Crippen LogP contribution is 2.31. The van der Waals surface area contributed by atoms with E-state index in [1.165, 1.54) is 6.92 Å². The lowest BCUT2D eigenvalue weighted by Crippen LogP contribution is -2.62. The molecule has 0 amide bonds. The zero-order valence-electron chi connectivity index (χ0n) is 23.4. The number of hydrogen-bond acceptors (Lipinski definition) is 7. The molecular weight excluding hydrogens is 635 g/mol. The molecule has 0 saturated carbocycles. The van der Waals surface area contributed by atoms with E-state index < -0.39 is 30.7 Å². The minimum atomic E-state index is -0.731. The first-order valence-corrected chi connectivity index (χ1v) is 15.6. The van der Waals surface area contributed by atoms with E-state index in [2.05, 4.69) is 22.6 Å². The minimum Gasteiger partial charge on any atom is -0.463 e. The van der Waals surface area contributed by atoms with Crippen LogP contribution in [0.2, 0.25) is 0 Å². The molecule has 3 aromatic rings. The second-order valence-electron chi connectivity index (χ2n) is 9.90. The SMILES string of the molecule is CC(=O)OC[C@H]1O[C@@H](OCCCCI)[C@@H](OCc2ccccc2)[C@@H](OCc2ccccc2)[C@@H]1OCc1ccccc1. The second-order valence-corrected chi connectivity index (χ2v) is 11.0. The summed E-state index contributed by atoms with van der Waals surface area (Å²) in [6, 6.07) is 29.9. The average Bonchev–Trinajstić information content (AvgIpc) is 3.01. The first kappa shape index (κ1) is 31.6. The minimum absolute atomic E-state index is 0.0129. The van der Waals surface area contributed by atoms with Crippen molar-refractivity contribution in [2.45, 2.75) is 70.3 Å². The normalized spacial score (nSPS) is 22.3. The Morgan fingerprint density at radius 2 is 1.17 bits per heavy atom. The van der Waals surface area contributed by atoms with E-state index in [9.17, 15) is 4.79 Å². The van der Waals surface area contributed by atoms with Crippen LogP contribution in [-0.4, -0.2) is 54.3 Å². The molecule has 1 aliphatic heterocycles. The molecule has 5 atom stereocenters. The number of rotatable bonds is 16. The van der Waals surface area contributed by atoms with Gasteiger partial charge in [0.05, 0.1) is 19.8 Å². The quantitative estimate of drug-likeness (QED) is 0.0769. The van der Waals surface area contributed by atoms with Gasteiger partial charge in [0.1, 0.15) is 31.0 Å². The Kier molecular flexibility index (Phi) is 13.5. The fourth-order valence-corrected chi connectivity index (χ4v) is 5.15. The zero-order chi connectivity index (χ0) is 28.7. The third-order valence-corrected chi connectivity index (χ3v) is 7.47. The van der Waals surface area contributed by atoms with Crippen molar-refractivity contribution in [1.82, 2.24) is 0 Å². The van der Waals surface area contributed by atoms with Crippen molar-refractivity contribution >= 4 is 28.6 Å². The lowest BCUT2D eigenvalue weighted by Gasteiger charge is -2.45. The van der Waals surface area contributed by atoms with Gasteiger partial charge in [0, 0.05) is 13.5 Å². The molecule has 1 saturated heterocycles. The van der Waals surface area contributed by atoms with Crippen molar-refractivity contribution in [3.05, 3.63) is 108 Å². The van der Waals surface area contributed by atoms with Gasteiger partial charge in [0.2, 0.25) is 0 Å². The van der Waals surface area contributed by atoms with Gasteiger partial charge < -0.3 is 28.4 Å². The molecular formula is C33H39IO7. The maximum atomic E-state index is 11.8. The van der Waals surface area contributed by atoms with Crippen molar-refractivity contribution in [3.63, 3.8) is 0 Å². The van der Waals surface area contributed by atoms with Crippen molar-refractivity contribution in [3.8, 4) is 0 Å². The Hall–Kier alpha value is -2.34. The summed E-state index contributed by atoms with van der Waals surface area (Å²) >= 11 is 2.37. The summed E-state index contributed by atoms with van der Waals surface area (Å²) < 4.78 is 38.9. The number of halogens is 1. The molecule has 0 aromatic heterocycles. The molecule has 3 aromatic carbocycles. The molecule has 1 heterocycles. The largest absolute Gasteiger partial charge is 0.463 e. The van der Waals surface area contributed by atoms with E-state index in [-0.39, 0.29) is 12.6 Å². The fourth-order valence-electron chi connectivity index (χ4n) is 4.61. The molecule has 220 valence electrons. The highest BCUT2D eigenvalue weighted by Gasteiger charge is 2.49. The summed E-state index contributed by atoms with van der Waals surface area (Å²) in [6.45, 7) is 2.95. The van der Waals surface area contributed by atoms with Gasteiger partial charge in [-0.2, -0.15) is 0 Å². The van der Waals surface area contributed by atoms with Crippen LogP contribution < -0.4 is 0 Å². The summed E-state index contributed by atoms with van der Waals surface area (Å²) in [5.74, 6) is -0.390. The number of ether oxygens (including phenoxy) is 6. The number of carbonyl (C=O) groups is 1. The number of unbranched alkanes of at least 4 members (excludes halogenated alkanes) is 1. The van der Waals surface area contributed by atoms with Crippen LogP contribution >= 0.6 is 22.6 Å². The molecule has 0 unspecified atom stereocenters. The molecule has 0 spiro atoms. The fraction of sp³-hybridized carbons (Fsp3) is 0.424. The Balaban J connectivity index is 1.62. The van der Waals surface area contributed by atoms with E-state index in [0.717, 1.165) is 34.0 Å². The number of hydrogen-bond donors (Lipinski definition) is 0. The summed E-state index contributed by atoms with van der Waals surface area (Å²) in [7, 11) is 0. The Labute approximate surface area is 256 Å². The average molecular weight is 675 g/mol. The van der Waals surface area contributed by atoms with Gasteiger partial charge in [-0.3, -0.25) is 4.79 Å². The van der Waals surface area contributed by atoms with Gasteiger partial charge in [-0.1, -0.05) is 114 Å². The Bertz CT molecular complexity index is 1130. The first-order valence-electron chi connectivity index (χ1n) is 14.1. The monoisotopic (exact) mass is 674 g/mol. The summed E-state index contributed by atoms with van der Waals surface area (Å²) in [5, 5.41) is 0. The summed E-state index contributed by atoms with van der Waals surface area (Å²) in [4.78, 5) is 11.8. The van der Waals surface area contributed by atoms with Crippen LogP contribution in [0, 0.1) is 0 Å². The highest BCUT2D eigenvalue weighted by molar-refractivity contribution is 14.1. The van der Waals surface area contributed by atoms with Gasteiger partial charge in [-0.25, -0.2) is 0 Å². The molecule has 0 bridgehead atoms. The topological polar surface area (TPSA) is 72.5 Å². The predicted molar refractivity (Wildman–Crippen MR) is 164 cm³/mol. The number of alkyl halides is 1. The summed E-state index contributed by atoms with van der Waals surface area (Å²) in [6.07, 6.45) is -1.16. The predicted octanol–water partition coefficient (Wildman–Crippen LogP) is 6.26. The van der Waals surface area contributed by atoms with Crippen LogP contribution in [0.25, 0.3) is 0 Å². The van der Waals surface area contributed by atoms with Crippen LogP contribution in [0.5, 0.6) is 0 Å². The van der Waals surface area contributed by atoms with E-state index in [0.29, 0.717) is 26.4 Å². The second kappa shape index (κ2) is 17.6. The molecule has 1 aliphatic rings. The molecule has 7 nitrogen and oxygen atoms in total. The van der Waals surface area contributed by atoms with Crippen LogP contribution in [0.15, 0.2) is 91.0 Å². The number of esters is 1. The van der Waals surface area contributed by atoms with Crippen molar-refractivity contribution in [2.75, 3.05) is 17.6 Å². The number of carbonyl (C=O) groups excluding carboxylic acids is 1. The first-order chi connectivity index (χ1) is 20.1. The van der Waals surface area contributed by atoms with Crippen LogP contribution in [0.1, 0.15) is 36.5 Å². The van der Waals surface area contributed by atoms with Gasteiger partial charge in [0.25, 0.3) is 0 Å². The van der Waals surface area contributed by atoms with E-state index in [4.69, 9.17) is 28.4 Å². The molecule has 8 heteroatoms.